The van der Waals surface area contributed by atoms with Crippen LogP contribution in [0.2, 0.25) is 0 Å². The second-order valence-electron chi connectivity index (χ2n) is 10.6. The lowest BCUT2D eigenvalue weighted by atomic mass is 10.1. The topological polar surface area (TPSA) is 115 Å². The first-order chi connectivity index (χ1) is 23.3. The highest BCUT2D eigenvalue weighted by molar-refractivity contribution is 8.00. The van der Waals surface area contributed by atoms with Gasteiger partial charge in [0.15, 0.2) is 11.5 Å². The number of nitrogens with one attached hydrogen (secondary N) is 3. The van der Waals surface area contributed by atoms with Crippen LogP contribution in [0.3, 0.4) is 0 Å². The van der Waals surface area contributed by atoms with E-state index in [0.717, 1.165) is 21.4 Å². The van der Waals surface area contributed by atoms with Gasteiger partial charge in [-0.05, 0) is 66.9 Å². The van der Waals surface area contributed by atoms with Crippen LogP contribution in [0.5, 0.6) is 17.2 Å². The molecule has 0 aliphatic carbocycles. The molecule has 10 heteroatoms. The fourth-order valence-corrected chi connectivity index (χ4v) is 5.77. The zero-order chi connectivity index (χ0) is 34.0. The molecule has 0 aromatic heterocycles. The molecule has 9 nitrogen and oxygen atoms in total. The maximum Gasteiger partial charge on any atom is 0.272 e. The molecule has 0 saturated heterocycles. The van der Waals surface area contributed by atoms with E-state index in [1.54, 1.807) is 54.6 Å². The lowest BCUT2D eigenvalue weighted by Gasteiger charge is -2.15. The number of hydrogen-bond donors (Lipinski definition) is 3. The molecule has 0 radical (unpaired) electrons. The smallest absolute Gasteiger partial charge is 0.272 e. The van der Waals surface area contributed by atoms with Crippen LogP contribution in [0.4, 0.5) is 11.4 Å². The van der Waals surface area contributed by atoms with Crippen LogP contribution in [-0.2, 0) is 9.59 Å². The molecule has 3 amide bonds. The Morgan fingerprint density at radius 1 is 0.708 bits per heavy atom. The van der Waals surface area contributed by atoms with Gasteiger partial charge in [0, 0.05) is 38.8 Å². The molecule has 0 saturated carbocycles. The molecule has 1 atom stereocenters. The molecule has 5 aromatic carbocycles. The third kappa shape index (κ3) is 8.15. The van der Waals surface area contributed by atoms with Gasteiger partial charge in [-0.3, -0.25) is 14.4 Å². The predicted octanol–water partition coefficient (Wildman–Crippen LogP) is 7.39. The van der Waals surface area contributed by atoms with E-state index in [4.69, 9.17) is 14.2 Å². The summed E-state index contributed by atoms with van der Waals surface area (Å²) in [6.45, 7) is 1.84. The van der Waals surface area contributed by atoms with Crippen molar-refractivity contribution in [1.82, 2.24) is 5.32 Å². The van der Waals surface area contributed by atoms with E-state index >= 15 is 0 Å². The van der Waals surface area contributed by atoms with Crippen LogP contribution in [0.15, 0.2) is 120 Å². The lowest BCUT2D eigenvalue weighted by molar-refractivity contribution is -0.115. The van der Waals surface area contributed by atoms with Crippen LogP contribution >= 0.6 is 11.8 Å². The summed E-state index contributed by atoms with van der Waals surface area (Å²) in [6.07, 6.45) is 1.51. The molecular weight excluding hydrogens is 626 g/mol. The minimum absolute atomic E-state index is 0.0217. The van der Waals surface area contributed by atoms with Gasteiger partial charge < -0.3 is 30.2 Å². The fraction of sp³-hybridized carbons (Fsp3) is 0.132. The largest absolute Gasteiger partial charge is 0.496 e. The molecule has 48 heavy (non-hydrogen) atoms. The zero-order valence-electron chi connectivity index (χ0n) is 26.9. The molecule has 5 rings (SSSR count). The number of rotatable bonds is 12. The third-order valence-corrected chi connectivity index (χ3v) is 8.52. The Bertz CT molecular complexity index is 1960. The number of fused-ring (bicyclic) bond motifs is 1. The van der Waals surface area contributed by atoms with Crippen LogP contribution in [-0.4, -0.2) is 44.3 Å². The SMILES string of the molecule is COc1cc(OC)c(OC)cc1/C=C(\NC(=O)c1ccccc1)C(=O)Nc1ccc(SC(C)C(=O)Nc2cccc3ccccc23)cc1. The molecule has 0 bridgehead atoms. The lowest BCUT2D eigenvalue weighted by Crippen LogP contribution is -2.30. The van der Waals surface area contributed by atoms with Crippen molar-refractivity contribution >= 4 is 57.7 Å². The Morgan fingerprint density at radius 2 is 1.35 bits per heavy atom. The molecule has 0 spiro atoms. The third-order valence-electron chi connectivity index (χ3n) is 7.41. The maximum absolute atomic E-state index is 13.6. The van der Waals surface area contributed by atoms with Gasteiger partial charge in [-0.15, -0.1) is 11.8 Å². The van der Waals surface area contributed by atoms with Crippen molar-refractivity contribution in [1.29, 1.82) is 0 Å². The van der Waals surface area contributed by atoms with E-state index in [1.807, 2.05) is 61.5 Å². The van der Waals surface area contributed by atoms with Crippen LogP contribution in [0, 0.1) is 0 Å². The van der Waals surface area contributed by atoms with Crippen molar-refractivity contribution in [3.05, 3.63) is 126 Å². The number of anilines is 2. The van der Waals surface area contributed by atoms with Gasteiger partial charge in [0.1, 0.15) is 11.4 Å². The molecule has 0 heterocycles. The number of carbonyl (C=O) groups excluding carboxylic acids is 3. The Labute approximate surface area is 283 Å². The number of benzene rings is 5. The van der Waals surface area contributed by atoms with E-state index in [-0.39, 0.29) is 16.9 Å². The summed E-state index contributed by atoms with van der Waals surface area (Å²) in [5, 5.41) is 10.3. The number of ether oxygens (including phenoxy) is 3. The summed E-state index contributed by atoms with van der Waals surface area (Å²) in [5.41, 5.74) is 2.10. The van der Waals surface area contributed by atoms with Crippen molar-refractivity contribution in [3.8, 4) is 17.2 Å². The second kappa shape index (κ2) is 15.7. The van der Waals surface area contributed by atoms with Gasteiger partial charge >= 0.3 is 0 Å². The Kier molecular flexibility index (Phi) is 11.0. The van der Waals surface area contributed by atoms with Gasteiger partial charge in [-0.25, -0.2) is 0 Å². The summed E-state index contributed by atoms with van der Waals surface area (Å²) in [7, 11) is 4.51. The van der Waals surface area contributed by atoms with E-state index in [2.05, 4.69) is 16.0 Å². The van der Waals surface area contributed by atoms with E-state index in [0.29, 0.717) is 34.1 Å². The van der Waals surface area contributed by atoms with Crippen molar-refractivity contribution in [2.24, 2.45) is 0 Å². The van der Waals surface area contributed by atoms with Crippen molar-refractivity contribution in [2.45, 2.75) is 17.1 Å². The predicted molar refractivity (Wildman–Crippen MR) is 191 cm³/mol. The fourth-order valence-electron chi connectivity index (χ4n) is 4.91. The summed E-state index contributed by atoms with van der Waals surface area (Å²) in [6, 6.07) is 32.7. The molecule has 0 aliphatic rings. The number of carbonyl (C=O) groups is 3. The molecule has 1 unspecified atom stereocenters. The monoisotopic (exact) mass is 661 g/mol. The highest BCUT2D eigenvalue weighted by atomic mass is 32.2. The van der Waals surface area contributed by atoms with Crippen molar-refractivity contribution < 1.29 is 28.6 Å². The van der Waals surface area contributed by atoms with Gasteiger partial charge in [-0.2, -0.15) is 0 Å². The molecular formula is C38H35N3O6S. The highest BCUT2D eigenvalue weighted by Crippen LogP contribution is 2.36. The first-order valence-corrected chi connectivity index (χ1v) is 15.9. The van der Waals surface area contributed by atoms with E-state index in [1.165, 1.54) is 39.2 Å². The summed E-state index contributed by atoms with van der Waals surface area (Å²) >= 11 is 1.40. The van der Waals surface area contributed by atoms with Gasteiger partial charge in [0.05, 0.1) is 26.6 Å². The highest BCUT2D eigenvalue weighted by Gasteiger charge is 2.19. The average molecular weight is 662 g/mol. The summed E-state index contributed by atoms with van der Waals surface area (Å²) < 4.78 is 16.4. The first kappa shape index (κ1) is 33.6. The molecule has 3 N–H and O–H groups in total. The Hall–Kier alpha value is -5.74. The second-order valence-corrected chi connectivity index (χ2v) is 12.0. The normalized spacial score (nSPS) is 11.7. The minimum atomic E-state index is -0.556. The molecule has 5 aromatic rings. The van der Waals surface area contributed by atoms with Gasteiger partial charge in [-0.1, -0.05) is 54.6 Å². The van der Waals surface area contributed by atoms with Crippen molar-refractivity contribution in [2.75, 3.05) is 32.0 Å². The Balaban J connectivity index is 1.32. The average Bonchev–Trinajstić information content (AvgIpc) is 3.12. The quantitative estimate of drug-likeness (QED) is 0.0943. The Morgan fingerprint density at radius 3 is 2.06 bits per heavy atom. The standard InChI is InChI=1S/C38H35N3O6S/c1-24(36(42)40-31-16-10-14-25-11-8-9-15-30(25)31)48-29-19-17-28(18-20-29)39-38(44)32(41-37(43)26-12-6-5-7-13-26)21-27-22-34(46-3)35(47-4)23-33(27)45-2/h5-24H,1-4H3,(H,39,44)(H,40,42)(H,41,43)/b32-21-. The van der Waals surface area contributed by atoms with Crippen LogP contribution in [0.25, 0.3) is 16.8 Å². The molecule has 244 valence electrons. The molecule has 0 fully saturated rings. The number of hydrogen-bond acceptors (Lipinski definition) is 7. The summed E-state index contributed by atoms with van der Waals surface area (Å²) in [5.74, 6) is 0.143. The maximum atomic E-state index is 13.6. The van der Waals surface area contributed by atoms with E-state index < -0.39 is 11.8 Å². The van der Waals surface area contributed by atoms with E-state index in [9.17, 15) is 14.4 Å². The number of thioether (sulfide) groups is 1. The van der Waals surface area contributed by atoms with Crippen LogP contribution < -0.4 is 30.2 Å². The minimum Gasteiger partial charge on any atom is -0.496 e. The van der Waals surface area contributed by atoms with Gasteiger partial charge in [0.25, 0.3) is 11.8 Å². The first-order valence-electron chi connectivity index (χ1n) is 15.0. The van der Waals surface area contributed by atoms with Crippen molar-refractivity contribution in [3.63, 3.8) is 0 Å². The number of amides is 3. The number of methoxy groups -OCH3 is 3. The summed E-state index contributed by atoms with van der Waals surface area (Å²) in [4.78, 5) is 40.7. The van der Waals surface area contributed by atoms with Gasteiger partial charge in [0.2, 0.25) is 5.91 Å². The van der Waals surface area contributed by atoms with Crippen LogP contribution in [0.1, 0.15) is 22.8 Å². The zero-order valence-corrected chi connectivity index (χ0v) is 27.7. The molecule has 0 aliphatic heterocycles.